The average Bonchev–Trinajstić information content (AvgIpc) is 3.50. The molecule has 0 aromatic carbocycles. The fraction of sp³-hybridized carbons (Fsp3) is 0.579. The molecular formula is C19H17F21N6NaO9S3+. The van der Waals surface area contributed by atoms with E-state index in [-0.39, 0.29) is 34.3 Å². The van der Waals surface area contributed by atoms with Crippen LogP contribution in [-0.2, 0) is 66.9 Å². The number of carbonyl (C=O) groups excluding carboxylic acids is 2. The first-order valence-corrected chi connectivity index (χ1v) is 16.8. The van der Waals surface area contributed by atoms with E-state index in [1.165, 1.54) is 25.0 Å². The number of nitrogens with one attached hydrogen (secondary N) is 1. The van der Waals surface area contributed by atoms with Crippen molar-refractivity contribution in [3.05, 3.63) is 42.2 Å². The van der Waals surface area contributed by atoms with Crippen molar-refractivity contribution in [2.45, 2.75) is 54.3 Å². The molecule has 342 valence electrons. The van der Waals surface area contributed by atoms with Crippen LogP contribution in [0.3, 0.4) is 0 Å². The Kier molecular flexibility index (Phi) is 23.2. The summed E-state index contributed by atoms with van der Waals surface area (Å²) >= 11 is 0. The van der Waals surface area contributed by atoms with Crippen molar-refractivity contribution in [1.82, 2.24) is 13.9 Å². The largest absolute Gasteiger partial charge is 1.00 e. The van der Waals surface area contributed by atoms with Gasteiger partial charge in [-0.1, -0.05) is 0 Å². The number of hydrogen-bond acceptors (Lipinski definition) is 9. The van der Waals surface area contributed by atoms with Crippen molar-refractivity contribution in [1.29, 1.82) is 0 Å². The molecule has 2 amide bonds. The molecule has 2 aromatic heterocycles. The van der Waals surface area contributed by atoms with E-state index in [2.05, 4.69) is 0 Å². The van der Waals surface area contributed by atoms with Crippen LogP contribution < -0.4 is 43.4 Å². The minimum Gasteiger partial charge on any atom is -0.741 e. The maximum Gasteiger partial charge on any atom is 1.00 e. The third kappa shape index (κ3) is 28.0. The molecule has 0 aliphatic heterocycles. The van der Waals surface area contributed by atoms with E-state index in [0.29, 0.717) is 0 Å². The van der Waals surface area contributed by atoms with Gasteiger partial charge in [0, 0.05) is 0 Å². The molecule has 1 N–H and O–H groups in total. The van der Waals surface area contributed by atoms with Gasteiger partial charge >= 0.3 is 86.7 Å². The van der Waals surface area contributed by atoms with Crippen LogP contribution in [0.1, 0.15) is 0 Å². The van der Waals surface area contributed by atoms with Crippen molar-refractivity contribution >= 4 is 42.0 Å². The molecule has 0 spiro atoms. The Morgan fingerprint density at radius 2 is 0.898 bits per heavy atom. The number of rotatable bonds is 4. The van der Waals surface area contributed by atoms with E-state index < -0.39 is 96.3 Å². The average molecular weight is 992 g/mol. The van der Waals surface area contributed by atoms with Crippen LogP contribution in [0.4, 0.5) is 92.2 Å². The fourth-order valence-corrected chi connectivity index (χ4v) is 2.96. The van der Waals surface area contributed by atoms with Crippen LogP contribution in [0.5, 0.6) is 0 Å². The van der Waals surface area contributed by atoms with Gasteiger partial charge in [-0.3, -0.25) is 4.79 Å². The minimum absolute atomic E-state index is 0. The van der Waals surface area contributed by atoms with Gasteiger partial charge in [-0.2, -0.15) is 101 Å². The molecule has 0 bridgehead atoms. The Hall–Kier alpha value is -3.30. The van der Waals surface area contributed by atoms with Crippen molar-refractivity contribution in [3.63, 3.8) is 0 Å². The first-order chi connectivity index (χ1) is 24.9. The summed E-state index contributed by atoms with van der Waals surface area (Å²) in [6.07, 6.45) is -11.1. The van der Waals surface area contributed by atoms with Gasteiger partial charge in [0.1, 0.15) is 24.8 Å². The van der Waals surface area contributed by atoms with Crippen LogP contribution >= 0.6 is 0 Å². The van der Waals surface area contributed by atoms with Crippen LogP contribution in [0.15, 0.2) is 37.4 Å². The number of nitrogens with zero attached hydrogens (tertiary/aromatic N) is 5. The number of aryl methyl sites for hydroxylation is 2. The van der Waals surface area contributed by atoms with Gasteiger partial charge in [-0.15, -0.1) is 0 Å². The quantitative estimate of drug-likeness (QED) is 0.150. The molecule has 0 aliphatic carbocycles. The zero-order valence-corrected chi connectivity index (χ0v) is 32.4. The fourth-order valence-electron chi connectivity index (χ4n) is 2.05. The number of aromatic nitrogens is 4. The molecule has 0 saturated heterocycles. The van der Waals surface area contributed by atoms with E-state index in [1.54, 1.807) is 35.6 Å². The van der Waals surface area contributed by atoms with E-state index >= 15 is 0 Å². The number of hydrogen-bond donors (Lipinski definition) is 1. The summed E-state index contributed by atoms with van der Waals surface area (Å²) in [6, 6.07) is 0. The zero-order valence-electron chi connectivity index (χ0n) is 28.0. The standard InChI is InChI=1S/2C6H8F3N2.2C3HF6NO3S.CHF3O3S.Na/c2*1-10-2-3-11(5-10)4-6(7,8)9;2*4-2(5,6)1(11)10-14(12,13)3(7,8)9;2-1(3,4)8(5,6)7;/h2*2-3,5H,4H2,1H3;2*(H,10,11);(H,5,6,7);/q2*+1;;;;+1/p-2. The molecule has 0 fully saturated rings. The van der Waals surface area contributed by atoms with Crippen LogP contribution in [-0.4, -0.2) is 92.0 Å². The molecular weight excluding hydrogens is 974 g/mol. The zero-order chi connectivity index (χ0) is 47.5. The second kappa shape index (κ2) is 22.0. The SMILES string of the molecule is C[n+]1ccn(CC(F)(F)F)c1.C[n+]1ccn(CC(F)(F)F)c1.O=C(NS(=O)(=O)C(F)(F)F)C(F)(F)F.O=C([N-]S(=O)(=O)C(F)(F)F)C(F)(F)F.O=S(=O)([O-])C(F)(F)F.[Na+]. The Balaban J connectivity index is -0.000000323. The smallest absolute Gasteiger partial charge is 0.741 e. The molecule has 0 radical (unpaired) electrons. The van der Waals surface area contributed by atoms with Gasteiger partial charge in [-0.25, -0.2) is 39.8 Å². The van der Waals surface area contributed by atoms with Gasteiger partial charge < -0.3 is 14.1 Å². The second-order valence-electron chi connectivity index (χ2n) is 9.33. The first kappa shape index (κ1) is 62.4. The van der Waals surface area contributed by atoms with Crippen molar-refractivity contribution in [2.75, 3.05) is 0 Å². The summed E-state index contributed by atoms with van der Waals surface area (Å²) in [5.74, 6) is -6.52. The molecule has 2 rings (SSSR count). The third-order valence-electron chi connectivity index (χ3n) is 4.18. The van der Waals surface area contributed by atoms with E-state index in [0.717, 1.165) is 13.9 Å². The molecule has 15 nitrogen and oxygen atoms in total. The molecule has 0 atom stereocenters. The van der Waals surface area contributed by atoms with Gasteiger partial charge in [0.05, 0.1) is 14.1 Å². The monoisotopic (exact) mass is 991 g/mol. The summed E-state index contributed by atoms with van der Waals surface area (Å²) in [4.78, 5) is 19.6. The predicted octanol–water partition coefficient (Wildman–Crippen LogP) is 0.618. The van der Waals surface area contributed by atoms with Crippen LogP contribution in [0, 0.1) is 0 Å². The maximum atomic E-state index is 11.7. The van der Waals surface area contributed by atoms with Gasteiger partial charge in [0.2, 0.25) is 12.7 Å². The van der Waals surface area contributed by atoms with Gasteiger partial charge in [-0.05, 0) is 0 Å². The first-order valence-electron chi connectivity index (χ1n) is 12.5. The Morgan fingerprint density at radius 1 is 0.593 bits per heavy atom. The van der Waals surface area contributed by atoms with Crippen molar-refractivity contribution in [3.8, 4) is 0 Å². The van der Waals surface area contributed by atoms with E-state index in [1.807, 2.05) is 0 Å². The number of amides is 2. The van der Waals surface area contributed by atoms with Gasteiger partial charge in [0.25, 0.3) is 0 Å². The molecule has 40 heteroatoms. The molecule has 0 saturated carbocycles. The number of imidazole rings is 2. The Morgan fingerprint density at radius 3 is 1.07 bits per heavy atom. The molecule has 2 aromatic rings. The van der Waals surface area contributed by atoms with Crippen LogP contribution in [0.25, 0.3) is 4.72 Å². The Bertz CT molecular complexity index is 1840. The Labute approximate surface area is 335 Å². The summed E-state index contributed by atoms with van der Waals surface area (Å²) in [5.41, 5.74) is -17.6. The number of halogens is 21. The second-order valence-corrected chi connectivity index (χ2v) is 14.0. The molecule has 59 heavy (non-hydrogen) atoms. The van der Waals surface area contributed by atoms with Crippen molar-refractivity contribution < 1.29 is 170 Å². The number of alkyl halides is 21. The van der Waals surface area contributed by atoms with Gasteiger partial charge in [0.15, 0.2) is 39.1 Å². The number of carbonyl (C=O) groups is 2. The topological polar surface area (TPSA) is 203 Å². The van der Waals surface area contributed by atoms with Crippen LogP contribution in [0.2, 0.25) is 0 Å². The normalized spacial score (nSPS) is 12.9. The molecule has 2 heterocycles. The summed E-state index contributed by atoms with van der Waals surface area (Å²) in [5, 5.41) is 0. The van der Waals surface area contributed by atoms with E-state index in [9.17, 15) is 119 Å². The molecule has 0 unspecified atom stereocenters. The number of sulfonamides is 2. The predicted molar refractivity (Wildman–Crippen MR) is 138 cm³/mol. The summed E-state index contributed by atoms with van der Waals surface area (Å²) in [6.45, 7) is -1.85. The molecule has 0 aliphatic rings. The summed E-state index contributed by atoms with van der Waals surface area (Å²) in [7, 11) is -15.5. The maximum absolute atomic E-state index is 11.7. The summed E-state index contributed by atoms with van der Waals surface area (Å²) < 4.78 is 311. The third-order valence-corrected chi connectivity index (χ3v) is 6.80. The van der Waals surface area contributed by atoms with Crippen molar-refractivity contribution in [2.24, 2.45) is 14.1 Å². The van der Waals surface area contributed by atoms with E-state index in [4.69, 9.17) is 13.0 Å². The minimum atomic E-state index is -6.42.